The molecular formula is C22H21FN2O3S. The van der Waals surface area contributed by atoms with E-state index in [1.165, 1.54) is 28.4 Å². The third kappa shape index (κ3) is 5.20. The Kier molecular flexibility index (Phi) is 6.29. The molecule has 0 aliphatic rings. The molecule has 0 bridgehead atoms. The highest BCUT2D eigenvalue weighted by atomic mass is 32.1. The van der Waals surface area contributed by atoms with Crippen molar-refractivity contribution < 1.29 is 18.7 Å². The van der Waals surface area contributed by atoms with Crippen LogP contribution in [0.1, 0.15) is 15.2 Å². The fourth-order valence-electron chi connectivity index (χ4n) is 2.58. The summed E-state index contributed by atoms with van der Waals surface area (Å²) in [5.74, 6) is -0.0986. The van der Waals surface area contributed by atoms with E-state index in [-0.39, 0.29) is 24.2 Å². The van der Waals surface area contributed by atoms with Gasteiger partial charge in [0.1, 0.15) is 11.6 Å². The van der Waals surface area contributed by atoms with Gasteiger partial charge >= 0.3 is 0 Å². The van der Waals surface area contributed by atoms with Crippen LogP contribution in [0, 0.1) is 12.7 Å². The minimum Gasteiger partial charge on any atom is -0.484 e. The summed E-state index contributed by atoms with van der Waals surface area (Å²) < 4.78 is 18.6. The quantitative estimate of drug-likeness (QED) is 0.645. The lowest BCUT2D eigenvalue weighted by molar-refractivity contribution is -0.130. The van der Waals surface area contributed by atoms with Gasteiger partial charge in [0.15, 0.2) is 6.61 Å². The Morgan fingerprint density at radius 2 is 1.72 bits per heavy atom. The van der Waals surface area contributed by atoms with Crippen molar-refractivity contribution in [3.05, 3.63) is 70.9 Å². The molecule has 7 heteroatoms. The highest BCUT2D eigenvalue weighted by Gasteiger charge is 2.14. The van der Waals surface area contributed by atoms with Gasteiger partial charge in [0.2, 0.25) is 0 Å². The van der Waals surface area contributed by atoms with Crippen LogP contribution in [-0.4, -0.2) is 37.4 Å². The van der Waals surface area contributed by atoms with E-state index in [9.17, 15) is 14.0 Å². The third-order valence-electron chi connectivity index (χ3n) is 4.22. The van der Waals surface area contributed by atoms with E-state index in [0.717, 1.165) is 16.0 Å². The zero-order valence-electron chi connectivity index (χ0n) is 16.4. The zero-order chi connectivity index (χ0) is 21.0. The maximum absolute atomic E-state index is 13.1. The van der Waals surface area contributed by atoms with Crippen molar-refractivity contribution in [3.63, 3.8) is 0 Å². The Bertz CT molecular complexity index is 1010. The van der Waals surface area contributed by atoms with Crippen molar-refractivity contribution in [2.75, 3.05) is 26.0 Å². The fourth-order valence-corrected chi connectivity index (χ4v) is 3.66. The molecule has 0 atom stereocenters. The minimum absolute atomic E-state index is 0.0423. The summed E-state index contributed by atoms with van der Waals surface area (Å²) in [6.45, 7) is 1.88. The zero-order valence-corrected chi connectivity index (χ0v) is 17.2. The summed E-state index contributed by atoms with van der Waals surface area (Å²) in [5, 5.41) is 2.85. The maximum atomic E-state index is 13.1. The molecule has 0 aliphatic heterocycles. The SMILES string of the molecule is Cc1cc(C(=O)Nc2ccc(OCC(=O)N(C)C)cc2)sc1-c1ccc(F)cc1. The second-order valence-electron chi connectivity index (χ2n) is 6.69. The second kappa shape index (κ2) is 8.87. The predicted octanol–water partition coefficient (Wildman–Crippen LogP) is 4.58. The molecule has 3 rings (SSSR count). The Balaban J connectivity index is 1.65. The summed E-state index contributed by atoms with van der Waals surface area (Å²) in [6.07, 6.45) is 0. The van der Waals surface area contributed by atoms with Gasteiger partial charge in [-0.2, -0.15) is 0 Å². The van der Waals surface area contributed by atoms with Gasteiger partial charge in [0.05, 0.1) is 4.88 Å². The molecule has 1 N–H and O–H groups in total. The average Bonchev–Trinajstić information content (AvgIpc) is 3.09. The summed E-state index contributed by atoms with van der Waals surface area (Å²) in [6, 6.07) is 14.9. The van der Waals surface area contributed by atoms with Gasteiger partial charge in [-0.3, -0.25) is 9.59 Å². The number of rotatable bonds is 6. The summed E-state index contributed by atoms with van der Waals surface area (Å²) >= 11 is 1.36. The molecule has 0 saturated heterocycles. The van der Waals surface area contributed by atoms with Crippen LogP contribution < -0.4 is 10.1 Å². The second-order valence-corrected chi connectivity index (χ2v) is 7.74. The number of hydrogen-bond acceptors (Lipinski definition) is 4. The highest BCUT2D eigenvalue weighted by molar-refractivity contribution is 7.17. The predicted molar refractivity (Wildman–Crippen MR) is 113 cm³/mol. The summed E-state index contributed by atoms with van der Waals surface area (Å²) in [5.41, 5.74) is 2.46. The molecule has 0 fully saturated rings. The van der Waals surface area contributed by atoms with Gasteiger partial charge in [-0.15, -0.1) is 11.3 Å². The number of hydrogen-bond donors (Lipinski definition) is 1. The van der Waals surface area contributed by atoms with E-state index in [4.69, 9.17) is 4.74 Å². The molecule has 1 heterocycles. The Morgan fingerprint density at radius 1 is 1.07 bits per heavy atom. The summed E-state index contributed by atoms with van der Waals surface area (Å²) in [4.78, 5) is 27.1. The lowest BCUT2D eigenvalue weighted by Gasteiger charge is -2.11. The van der Waals surface area contributed by atoms with Crippen molar-refractivity contribution in [2.45, 2.75) is 6.92 Å². The number of anilines is 1. The number of amides is 2. The van der Waals surface area contributed by atoms with Crippen LogP contribution in [0.5, 0.6) is 5.75 Å². The van der Waals surface area contributed by atoms with E-state index in [1.807, 2.05) is 13.0 Å². The Labute approximate surface area is 172 Å². The number of benzene rings is 2. The summed E-state index contributed by atoms with van der Waals surface area (Å²) in [7, 11) is 3.33. The fraction of sp³-hybridized carbons (Fsp3) is 0.182. The molecule has 29 heavy (non-hydrogen) atoms. The molecule has 0 radical (unpaired) electrons. The van der Waals surface area contributed by atoms with Crippen molar-refractivity contribution >= 4 is 28.8 Å². The van der Waals surface area contributed by atoms with Gasteiger partial charge in [0, 0.05) is 24.7 Å². The Hall–Kier alpha value is -3.19. The molecule has 0 unspecified atom stereocenters. The molecule has 0 spiro atoms. The molecule has 0 saturated carbocycles. The number of carbonyl (C=O) groups is 2. The molecule has 2 aromatic carbocycles. The first kappa shape index (κ1) is 20.5. The number of likely N-dealkylation sites (N-methyl/N-ethyl adjacent to an activating group) is 1. The lowest BCUT2D eigenvalue weighted by atomic mass is 10.1. The standard InChI is InChI=1S/C22H21FN2O3S/c1-14-12-19(29-21(14)15-4-6-16(23)7-5-15)22(27)24-17-8-10-18(11-9-17)28-13-20(26)25(2)3/h4-12H,13H2,1-3H3,(H,24,27). The number of aryl methyl sites for hydroxylation is 1. The number of carbonyl (C=O) groups excluding carboxylic acids is 2. The molecule has 1 aromatic heterocycles. The number of ether oxygens (including phenoxy) is 1. The van der Waals surface area contributed by atoms with Gasteiger partial charge in [-0.05, 0) is 60.5 Å². The first-order valence-corrected chi connectivity index (χ1v) is 9.76. The number of nitrogens with zero attached hydrogens (tertiary/aromatic N) is 1. The molecule has 3 aromatic rings. The third-order valence-corrected chi connectivity index (χ3v) is 5.51. The van der Waals surface area contributed by atoms with E-state index in [1.54, 1.807) is 50.5 Å². The van der Waals surface area contributed by atoms with Gasteiger partial charge in [-0.1, -0.05) is 12.1 Å². The minimum atomic E-state index is -0.292. The Morgan fingerprint density at radius 3 is 2.34 bits per heavy atom. The van der Waals surface area contributed by atoms with E-state index >= 15 is 0 Å². The van der Waals surface area contributed by atoms with Gasteiger partial charge < -0.3 is 15.0 Å². The van der Waals surface area contributed by atoms with Crippen LogP contribution in [0.25, 0.3) is 10.4 Å². The van der Waals surface area contributed by atoms with Crippen LogP contribution in [-0.2, 0) is 4.79 Å². The molecule has 5 nitrogen and oxygen atoms in total. The normalized spacial score (nSPS) is 10.5. The van der Waals surface area contributed by atoms with Crippen molar-refractivity contribution in [1.82, 2.24) is 4.90 Å². The van der Waals surface area contributed by atoms with Crippen molar-refractivity contribution in [1.29, 1.82) is 0 Å². The maximum Gasteiger partial charge on any atom is 0.265 e. The number of nitrogens with one attached hydrogen (secondary N) is 1. The van der Waals surface area contributed by atoms with Crippen LogP contribution in [0.15, 0.2) is 54.6 Å². The van der Waals surface area contributed by atoms with E-state index < -0.39 is 0 Å². The van der Waals surface area contributed by atoms with E-state index in [0.29, 0.717) is 16.3 Å². The highest BCUT2D eigenvalue weighted by Crippen LogP contribution is 2.33. The molecule has 150 valence electrons. The molecule has 0 aliphatic carbocycles. The largest absolute Gasteiger partial charge is 0.484 e. The van der Waals surface area contributed by atoms with Crippen molar-refractivity contribution in [3.8, 4) is 16.2 Å². The van der Waals surface area contributed by atoms with Crippen LogP contribution in [0.3, 0.4) is 0 Å². The topological polar surface area (TPSA) is 58.6 Å². The van der Waals surface area contributed by atoms with E-state index in [2.05, 4.69) is 5.32 Å². The van der Waals surface area contributed by atoms with Crippen molar-refractivity contribution in [2.24, 2.45) is 0 Å². The number of halogens is 1. The first-order chi connectivity index (χ1) is 13.8. The number of thiophene rings is 1. The first-order valence-electron chi connectivity index (χ1n) is 8.94. The van der Waals surface area contributed by atoms with Crippen LogP contribution in [0.2, 0.25) is 0 Å². The molecular weight excluding hydrogens is 391 g/mol. The van der Waals surface area contributed by atoms with Gasteiger partial charge in [-0.25, -0.2) is 4.39 Å². The lowest BCUT2D eigenvalue weighted by Crippen LogP contribution is -2.27. The molecule has 2 amide bonds. The smallest absolute Gasteiger partial charge is 0.265 e. The average molecular weight is 412 g/mol. The van der Waals surface area contributed by atoms with Crippen LogP contribution >= 0.6 is 11.3 Å². The van der Waals surface area contributed by atoms with Crippen LogP contribution in [0.4, 0.5) is 10.1 Å². The monoisotopic (exact) mass is 412 g/mol. The van der Waals surface area contributed by atoms with Gasteiger partial charge in [0.25, 0.3) is 11.8 Å².